The predicted molar refractivity (Wildman–Crippen MR) is 148 cm³/mol. The van der Waals surface area contributed by atoms with Gasteiger partial charge in [-0.05, 0) is 19.0 Å². The summed E-state index contributed by atoms with van der Waals surface area (Å²) in [6, 6.07) is 0. The van der Waals surface area contributed by atoms with Gasteiger partial charge in [-0.1, -0.05) is 90.0 Å². The van der Waals surface area contributed by atoms with Gasteiger partial charge < -0.3 is 32.3 Å². The third-order valence-electron chi connectivity index (χ3n) is 5.91. The van der Waals surface area contributed by atoms with Gasteiger partial charge in [0.15, 0.2) is 0 Å². The molecule has 6 nitrogen and oxygen atoms in total. The van der Waals surface area contributed by atoms with Crippen LogP contribution in [0, 0.1) is 0 Å². The van der Waals surface area contributed by atoms with Crippen LogP contribution in [0.5, 0.6) is 0 Å². The zero-order valence-corrected chi connectivity index (χ0v) is 22.2. The molecule has 33 heavy (non-hydrogen) atoms. The Hall–Kier alpha value is -0.660. The molecule has 7 N–H and O–H groups in total. The maximum Gasteiger partial charge on any atom is 0.0266 e. The Morgan fingerprint density at radius 2 is 0.879 bits per heavy atom. The Morgan fingerprint density at radius 3 is 1.33 bits per heavy atom. The Labute approximate surface area is 207 Å². The van der Waals surface area contributed by atoms with Crippen LogP contribution < -0.4 is 32.3 Å². The van der Waals surface area contributed by atoms with Crippen LogP contribution in [0.25, 0.3) is 0 Å². The molecule has 0 radical (unpaired) electrons. The van der Waals surface area contributed by atoms with E-state index < -0.39 is 0 Å². The molecule has 0 atom stereocenters. The Balaban J connectivity index is 3.06. The molecule has 0 rings (SSSR count). The van der Waals surface area contributed by atoms with E-state index in [1.165, 1.54) is 89.9 Å². The van der Waals surface area contributed by atoms with Crippen molar-refractivity contribution in [2.75, 3.05) is 65.4 Å². The first-order chi connectivity index (χ1) is 16.4. The minimum atomic E-state index is 0.708. The lowest BCUT2D eigenvalue weighted by molar-refractivity contribution is 0.540. The van der Waals surface area contributed by atoms with Crippen LogP contribution in [0.15, 0.2) is 12.3 Å². The highest BCUT2D eigenvalue weighted by molar-refractivity contribution is 4.79. The van der Waals surface area contributed by atoms with Crippen molar-refractivity contribution in [2.24, 2.45) is 5.73 Å². The summed E-state index contributed by atoms with van der Waals surface area (Å²) in [7, 11) is 0. The molecule has 0 fully saturated rings. The largest absolute Gasteiger partial charge is 0.390 e. The van der Waals surface area contributed by atoms with Crippen LogP contribution in [-0.4, -0.2) is 65.4 Å². The van der Waals surface area contributed by atoms with E-state index >= 15 is 0 Å². The molecule has 6 heteroatoms. The van der Waals surface area contributed by atoms with E-state index in [0.29, 0.717) is 6.54 Å². The van der Waals surface area contributed by atoms with Crippen molar-refractivity contribution < 1.29 is 0 Å². The summed E-state index contributed by atoms with van der Waals surface area (Å²) in [5.74, 6) is 0. The second kappa shape index (κ2) is 31.3. The van der Waals surface area contributed by atoms with Crippen molar-refractivity contribution in [3.63, 3.8) is 0 Å². The fourth-order valence-corrected chi connectivity index (χ4v) is 3.82. The zero-order valence-electron chi connectivity index (χ0n) is 22.2. The van der Waals surface area contributed by atoms with Gasteiger partial charge in [-0.25, -0.2) is 0 Å². The minimum absolute atomic E-state index is 0.708. The number of nitrogens with one attached hydrogen (secondary N) is 5. The molecule has 0 aromatic rings. The molecule has 0 aliphatic heterocycles. The number of rotatable bonds is 29. The predicted octanol–water partition coefficient (Wildman–Crippen LogP) is 3.89. The highest BCUT2D eigenvalue weighted by Gasteiger charge is 1.94. The number of hydrogen-bond acceptors (Lipinski definition) is 6. The fourth-order valence-electron chi connectivity index (χ4n) is 3.82. The summed E-state index contributed by atoms with van der Waals surface area (Å²) in [6.45, 7) is 11.9. The second-order valence-corrected chi connectivity index (χ2v) is 9.18. The minimum Gasteiger partial charge on any atom is -0.390 e. The van der Waals surface area contributed by atoms with E-state index in [9.17, 15) is 0 Å². The maximum absolute atomic E-state index is 5.43. The van der Waals surface area contributed by atoms with Gasteiger partial charge in [0.2, 0.25) is 0 Å². The van der Waals surface area contributed by atoms with Gasteiger partial charge >= 0.3 is 0 Å². The molecule has 0 unspecified atom stereocenters. The standard InChI is InChI=1S/C27H60N6/c1-2-3-4-5-6-7-8-9-10-11-12-13-14-15-16-18-29-20-22-31-24-26-33-27-25-32-23-21-30-19-17-28/h16,18,29-33H,2-15,17,19-28H2,1H3. The van der Waals surface area contributed by atoms with Crippen molar-refractivity contribution in [3.8, 4) is 0 Å². The molecule has 0 bridgehead atoms. The van der Waals surface area contributed by atoms with Crippen LogP contribution in [0.3, 0.4) is 0 Å². The van der Waals surface area contributed by atoms with E-state index in [2.05, 4.69) is 45.8 Å². The summed E-state index contributed by atoms with van der Waals surface area (Å²) in [5, 5.41) is 17.0. The fraction of sp³-hybridized carbons (Fsp3) is 0.926. The molecule has 0 saturated heterocycles. The van der Waals surface area contributed by atoms with Crippen molar-refractivity contribution in [3.05, 3.63) is 12.3 Å². The van der Waals surface area contributed by atoms with Gasteiger partial charge in [0.25, 0.3) is 0 Å². The molecule has 198 valence electrons. The van der Waals surface area contributed by atoms with Crippen LogP contribution >= 0.6 is 0 Å². The van der Waals surface area contributed by atoms with Crippen molar-refractivity contribution in [1.82, 2.24) is 26.6 Å². The molecule has 0 heterocycles. The van der Waals surface area contributed by atoms with Crippen LogP contribution in [0.1, 0.15) is 96.8 Å². The number of allylic oxidation sites excluding steroid dienone is 1. The molecule has 0 aliphatic carbocycles. The maximum atomic E-state index is 5.43. The third-order valence-corrected chi connectivity index (χ3v) is 5.91. The summed E-state index contributed by atoms with van der Waals surface area (Å²) >= 11 is 0. The molecule has 0 aromatic carbocycles. The van der Waals surface area contributed by atoms with E-state index in [4.69, 9.17) is 5.73 Å². The monoisotopic (exact) mass is 468 g/mol. The first-order valence-corrected chi connectivity index (χ1v) is 14.3. The summed E-state index contributed by atoms with van der Waals surface area (Å²) in [5.41, 5.74) is 5.43. The Bertz CT molecular complexity index is 365. The van der Waals surface area contributed by atoms with E-state index in [1.54, 1.807) is 0 Å². The van der Waals surface area contributed by atoms with Gasteiger partial charge in [0, 0.05) is 65.4 Å². The lowest BCUT2D eigenvalue weighted by Gasteiger charge is -2.08. The van der Waals surface area contributed by atoms with Gasteiger partial charge in [-0.15, -0.1) is 0 Å². The molecule has 0 spiro atoms. The molecular weight excluding hydrogens is 408 g/mol. The molecule has 0 aromatic heterocycles. The van der Waals surface area contributed by atoms with E-state index in [0.717, 1.165) is 58.9 Å². The van der Waals surface area contributed by atoms with Crippen molar-refractivity contribution >= 4 is 0 Å². The first kappa shape index (κ1) is 32.3. The lowest BCUT2D eigenvalue weighted by Crippen LogP contribution is -2.36. The highest BCUT2D eigenvalue weighted by Crippen LogP contribution is 2.12. The molecular formula is C27H60N6. The summed E-state index contributed by atoms with van der Waals surface area (Å²) in [4.78, 5) is 0. The Kier molecular flexibility index (Phi) is 30.7. The molecule has 0 amide bonds. The van der Waals surface area contributed by atoms with E-state index in [1.807, 2.05) is 0 Å². The zero-order chi connectivity index (χ0) is 23.9. The second-order valence-electron chi connectivity index (χ2n) is 9.18. The SMILES string of the molecule is CCCCCCCCCCCCCCCC=CNCCNCCNCCNCCNCCN. The molecule has 0 aliphatic rings. The normalized spacial score (nSPS) is 11.6. The number of unbranched alkanes of at least 4 members (excludes halogenated alkanes) is 13. The molecule has 0 saturated carbocycles. The van der Waals surface area contributed by atoms with Crippen LogP contribution in [0.2, 0.25) is 0 Å². The quantitative estimate of drug-likeness (QED) is 0.0934. The third kappa shape index (κ3) is 31.3. The smallest absolute Gasteiger partial charge is 0.0266 e. The van der Waals surface area contributed by atoms with Crippen LogP contribution in [-0.2, 0) is 0 Å². The Morgan fingerprint density at radius 1 is 0.485 bits per heavy atom. The topological polar surface area (TPSA) is 86.2 Å². The first-order valence-electron chi connectivity index (χ1n) is 14.3. The van der Waals surface area contributed by atoms with Crippen molar-refractivity contribution in [1.29, 1.82) is 0 Å². The van der Waals surface area contributed by atoms with Gasteiger partial charge in [-0.3, -0.25) is 0 Å². The summed E-state index contributed by atoms with van der Waals surface area (Å²) in [6.07, 6.45) is 24.2. The average molecular weight is 469 g/mol. The van der Waals surface area contributed by atoms with E-state index in [-0.39, 0.29) is 0 Å². The summed E-state index contributed by atoms with van der Waals surface area (Å²) < 4.78 is 0. The number of hydrogen-bond donors (Lipinski definition) is 6. The van der Waals surface area contributed by atoms with Crippen molar-refractivity contribution in [2.45, 2.75) is 96.8 Å². The average Bonchev–Trinajstić information content (AvgIpc) is 2.83. The number of nitrogens with two attached hydrogens (primary N) is 1. The van der Waals surface area contributed by atoms with Gasteiger partial charge in [0.1, 0.15) is 0 Å². The van der Waals surface area contributed by atoms with Gasteiger partial charge in [-0.2, -0.15) is 0 Å². The lowest BCUT2D eigenvalue weighted by atomic mass is 10.0. The van der Waals surface area contributed by atoms with Gasteiger partial charge in [0.05, 0.1) is 0 Å². The highest BCUT2D eigenvalue weighted by atomic mass is 15.0. The van der Waals surface area contributed by atoms with Crippen LogP contribution in [0.4, 0.5) is 0 Å².